The average molecular weight is 331 g/mol. The molecule has 3 nitrogen and oxygen atoms in total. The fourth-order valence-electron chi connectivity index (χ4n) is 1.68. The van der Waals surface area contributed by atoms with Gasteiger partial charge in [0.2, 0.25) is 0 Å². The minimum absolute atomic E-state index is 0.503. The van der Waals surface area contributed by atoms with Crippen molar-refractivity contribution >= 4 is 49.1 Å². The highest BCUT2D eigenvalue weighted by molar-refractivity contribution is 9.10. The molecule has 19 heavy (non-hydrogen) atoms. The quantitative estimate of drug-likeness (QED) is 0.639. The van der Waals surface area contributed by atoms with Crippen LogP contribution in [0.25, 0.3) is 21.9 Å². The van der Waals surface area contributed by atoms with E-state index in [9.17, 15) is 5.26 Å². The molecule has 0 saturated carbocycles. The van der Waals surface area contributed by atoms with Gasteiger partial charge in [0.15, 0.2) is 4.67 Å². The van der Waals surface area contributed by atoms with E-state index in [1.54, 1.807) is 18.2 Å². The number of rotatable bonds is 2. The molecule has 3 rings (SSSR count). The number of nitrogens with zero attached hydrogens (tertiary/aromatic N) is 2. The number of aromatic nitrogens is 1. The van der Waals surface area contributed by atoms with Crippen LogP contribution >= 0.6 is 27.3 Å². The average Bonchev–Trinajstić information content (AvgIpc) is 3.01. The number of hydrogen-bond acceptors (Lipinski definition) is 4. The molecule has 0 radical (unpaired) electrons. The Morgan fingerprint density at radius 3 is 2.84 bits per heavy atom. The number of halogens is 1. The van der Waals surface area contributed by atoms with E-state index >= 15 is 0 Å². The van der Waals surface area contributed by atoms with Crippen LogP contribution in [0.5, 0.6) is 0 Å². The van der Waals surface area contributed by atoms with Crippen LogP contribution in [-0.4, -0.2) is 4.98 Å². The van der Waals surface area contributed by atoms with Crippen LogP contribution in [-0.2, 0) is 0 Å². The Hall–Kier alpha value is -1.90. The van der Waals surface area contributed by atoms with Crippen LogP contribution in [0.4, 0.5) is 0 Å². The van der Waals surface area contributed by atoms with E-state index in [-0.39, 0.29) is 0 Å². The Labute approximate surface area is 121 Å². The number of thiazole rings is 1. The van der Waals surface area contributed by atoms with Crippen molar-refractivity contribution in [3.05, 3.63) is 51.8 Å². The maximum Gasteiger partial charge on any atom is 0.169 e. The second-order valence-corrected chi connectivity index (χ2v) is 5.61. The van der Waals surface area contributed by atoms with Crippen LogP contribution in [0.15, 0.2) is 45.5 Å². The van der Waals surface area contributed by atoms with Gasteiger partial charge in [-0.05, 0) is 40.2 Å². The molecule has 0 N–H and O–H groups in total. The molecule has 0 bridgehead atoms. The number of nitriles is 1. The summed E-state index contributed by atoms with van der Waals surface area (Å²) >= 11 is 4.74. The lowest BCUT2D eigenvalue weighted by Gasteiger charge is -1.90. The van der Waals surface area contributed by atoms with Crippen molar-refractivity contribution in [2.24, 2.45) is 0 Å². The predicted molar refractivity (Wildman–Crippen MR) is 79.5 cm³/mol. The lowest BCUT2D eigenvalue weighted by molar-refractivity contribution is 0.532. The van der Waals surface area contributed by atoms with Crippen molar-refractivity contribution in [3.63, 3.8) is 0 Å². The number of furan rings is 1. The van der Waals surface area contributed by atoms with Gasteiger partial charge in [-0.3, -0.25) is 0 Å². The molecule has 0 aliphatic carbocycles. The molecule has 2 aromatic heterocycles. The van der Waals surface area contributed by atoms with Crippen molar-refractivity contribution in [3.8, 4) is 6.07 Å². The van der Waals surface area contributed by atoms with Gasteiger partial charge in [-0.1, -0.05) is 12.1 Å². The Balaban J connectivity index is 2.07. The Morgan fingerprint density at radius 1 is 1.32 bits per heavy atom. The smallest absolute Gasteiger partial charge is 0.169 e. The molecular weight excluding hydrogens is 324 g/mol. The zero-order valence-electron chi connectivity index (χ0n) is 9.63. The second kappa shape index (κ2) is 5.00. The third-order valence-electron chi connectivity index (χ3n) is 2.53. The first kappa shape index (κ1) is 12.2. The number of fused-ring (bicyclic) bond motifs is 1. The van der Waals surface area contributed by atoms with E-state index in [1.165, 1.54) is 11.3 Å². The Bertz CT molecular complexity index is 777. The van der Waals surface area contributed by atoms with Gasteiger partial charge in [0, 0.05) is 6.08 Å². The largest absolute Gasteiger partial charge is 0.450 e. The molecule has 0 aliphatic rings. The summed E-state index contributed by atoms with van der Waals surface area (Å²) < 4.78 is 7.09. The summed E-state index contributed by atoms with van der Waals surface area (Å²) in [6, 6.07) is 13.6. The van der Waals surface area contributed by atoms with Gasteiger partial charge < -0.3 is 4.42 Å². The van der Waals surface area contributed by atoms with Crippen molar-refractivity contribution in [1.82, 2.24) is 4.98 Å². The number of benzene rings is 1. The molecule has 0 aliphatic heterocycles. The Morgan fingerprint density at radius 2 is 2.16 bits per heavy atom. The first-order chi connectivity index (χ1) is 9.26. The minimum atomic E-state index is 0.503. The standard InChI is InChI=1S/C14H7BrN2OS/c15-13-6-5-10(18-13)7-9(8-16)14-17-11-3-1-2-4-12(11)19-14/h1-7H/b9-7-. The molecule has 5 heteroatoms. The van der Waals surface area contributed by atoms with Gasteiger partial charge in [0.25, 0.3) is 0 Å². The molecule has 1 aromatic carbocycles. The number of para-hydroxylation sites is 1. The summed E-state index contributed by atoms with van der Waals surface area (Å²) in [6.45, 7) is 0. The summed E-state index contributed by atoms with van der Waals surface area (Å²) in [7, 11) is 0. The Kier molecular flexibility index (Phi) is 3.20. The third kappa shape index (κ3) is 2.46. The molecule has 0 saturated heterocycles. The zero-order valence-corrected chi connectivity index (χ0v) is 12.0. The van der Waals surface area contributed by atoms with E-state index in [0.717, 1.165) is 10.2 Å². The van der Waals surface area contributed by atoms with Gasteiger partial charge >= 0.3 is 0 Å². The SMILES string of the molecule is N#C/C(=C/c1ccc(Br)o1)c1nc2ccccc2s1. The molecule has 3 aromatic rings. The maximum absolute atomic E-state index is 9.27. The van der Waals surface area contributed by atoms with Crippen molar-refractivity contribution < 1.29 is 4.42 Å². The van der Waals surface area contributed by atoms with E-state index in [2.05, 4.69) is 27.0 Å². The van der Waals surface area contributed by atoms with Crippen molar-refractivity contribution in [1.29, 1.82) is 5.26 Å². The van der Waals surface area contributed by atoms with E-state index in [0.29, 0.717) is 21.0 Å². The van der Waals surface area contributed by atoms with Crippen molar-refractivity contribution in [2.75, 3.05) is 0 Å². The van der Waals surface area contributed by atoms with Crippen LogP contribution in [0.2, 0.25) is 0 Å². The lowest BCUT2D eigenvalue weighted by Crippen LogP contribution is -1.78. The number of allylic oxidation sites excluding steroid dienone is 1. The van der Waals surface area contributed by atoms with Crippen LogP contribution in [0.1, 0.15) is 10.8 Å². The highest BCUT2D eigenvalue weighted by Gasteiger charge is 2.09. The van der Waals surface area contributed by atoms with E-state index < -0.39 is 0 Å². The normalized spacial score (nSPS) is 11.7. The summed E-state index contributed by atoms with van der Waals surface area (Å²) in [5.41, 5.74) is 1.41. The number of hydrogen-bond donors (Lipinski definition) is 0. The molecule has 2 heterocycles. The minimum Gasteiger partial charge on any atom is -0.450 e. The van der Waals surface area contributed by atoms with Crippen LogP contribution < -0.4 is 0 Å². The van der Waals surface area contributed by atoms with Gasteiger partial charge in [0.1, 0.15) is 16.8 Å². The second-order valence-electron chi connectivity index (χ2n) is 3.80. The van der Waals surface area contributed by atoms with Crippen LogP contribution in [0, 0.1) is 11.3 Å². The first-order valence-corrected chi connectivity index (χ1v) is 7.10. The molecule has 92 valence electrons. The predicted octanol–water partition coefficient (Wildman–Crippen LogP) is 4.72. The molecule has 0 atom stereocenters. The highest BCUT2D eigenvalue weighted by atomic mass is 79.9. The van der Waals surface area contributed by atoms with Crippen LogP contribution in [0.3, 0.4) is 0 Å². The molecule has 0 amide bonds. The van der Waals surface area contributed by atoms with E-state index in [1.807, 2.05) is 24.3 Å². The van der Waals surface area contributed by atoms with Gasteiger partial charge in [0.05, 0.1) is 15.8 Å². The van der Waals surface area contributed by atoms with Gasteiger partial charge in [-0.25, -0.2) is 4.98 Å². The summed E-state index contributed by atoms with van der Waals surface area (Å²) in [4.78, 5) is 4.46. The lowest BCUT2D eigenvalue weighted by atomic mass is 10.2. The van der Waals surface area contributed by atoms with Gasteiger partial charge in [-0.15, -0.1) is 11.3 Å². The topological polar surface area (TPSA) is 49.8 Å². The molecule has 0 unspecified atom stereocenters. The van der Waals surface area contributed by atoms with E-state index in [4.69, 9.17) is 4.42 Å². The summed E-state index contributed by atoms with van der Waals surface area (Å²) in [5.74, 6) is 0.627. The molecular formula is C14H7BrN2OS. The highest BCUT2D eigenvalue weighted by Crippen LogP contribution is 2.28. The first-order valence-electron chi connectivity index (χ1n) is 5.49. The molecule has 0 fully saturated rings. The monoisotopic (exact) mass is 330 g/mol. The molecule has 0 spiro atoms. The zero-order chi connectivity index (χ0) is 13.2. The third-order valence-corrected chi connectivity index (χ3v) is 4.02. The van der Waals surface area contributed by atoms with Gasteiger partial charge in [-0.2, -0.15) is 5.26 Å². The maximum atomic E-state index is 9.27. The van der Waals surface area contributed by atoms with Crippen molar-refractivity contribution in [2.45, 2.75) is 0 Å². The summed E-state index contributed by atoms with van der Waals surface area (Å²) in [5, 5.41) is 9.97. The fourth-order valence-corrected chi connectivity index (χ4v) is 2.93. The fraction of sp³-hybridized carbons (Fsp3) is 0. The summed E-state index contributed by atoms with van der Waals surface area (Å²) in [6.07, 6.45) is 1.70.